The maximum absolute atomic E-state index is 13.3. The molecule has 6 nitrogen and oxygen atoms in total. The van der Waals surface area contributed by atoms with E-state index in [0.29, 0.717) is 11.4 Å². The lowest BCUT2D eigenvalue weighted by molar-refractivity contribution is -0.119. The van der Waals surface area contributed by atoms with Gasteiger partial charge in [0.05, 0.1) is 16.3 Å². The highest BCUT2D eigenvalue weighted by molar-refractivity contribution is 14.1. The van der Waals surface area contributed by atoms with Crippen LogP contribution in [0.2, 0.25) is 0 Å². The third kappa shape index (κ3) is 5.71. The first kappa shape index (κ1) is 23.0. The molecule has 0 aliphatic rings. The largest absolute Gasteiger partial charge is 0.271 e. The van der Waals surface area contributed by atoms with Gasteiger partial charge < -0.3 is 0 Å². The minimum Gasteiger partial charge on any atom is -0.271 e. The van der Waals surface area contributed by atoms with E-state index >= 15 is 0 Å². The molecule has 8 heteroatoms. The van der Waals surface area contributed by atoms with Gasteiger partial charge in [0.2, 0.25) is 0 Å². The lowest BCUT2D eigenvalue weighted by atomic mass is 10.1. The molecule has 0 fully saturated rings. The third-order valence-corrected chi connectivity index (χ3v) is 7.11. The van der Waals surface area contributed by atoms with Crippen molar-refractivity contribution in [1.29, 1.82) is 0 Å². The van der Waals surface area contributed by atoms with Crippen molar-refractivity contribution in [1.82, 2.24) is 5.43 Å². The third-order valence-electron chi connectivity index (χ3n) is 4.61. The van der Waals surface area contributed by atoms with Gasteiger partial charge in [0.25, 0.3) is 15.9 Å². The number of benzene rings is 3. The van der Waals surface area contributed by atoms with E-state index in [2.05, 4.69) is 33.1 Å². The minimum atomic E-state index is -3.94. The first-order valence-electron chi connectivity index (χ1n) is 9.51. The van der Waals surface area contributed by atoms with Gasteiger partial charge in [0.1, 0.15) is 6.54 Å². The van der Waals surface area contributed by atoms with Crippen LogP contribution >= 0.6 is 22.6 Å². The summed E-state index contributed by atoms with van der Waals surface area (Å²) in [5.74, 6) is -0.535. The lowest BCUT2D eigenvalue weighted by Crippen LogP contribution is -2.40. The number of sulfonamides is 1. The zero-order chi connectivity index (χ0) is 22.4. The van der Waals surface area contributed by atoms with Crippen molar-refractivity contribution in [3.63, 3.8) is 0 Å². The molecular formula is C23H22IN3O3S. The number of anilines is 1. The molecule has 0 bridgehead atoms. The summed E-state index contributed by atoms with van der Waals surface area (Å²) < 4.78 is 28.9. The highest BCUT2D eigenvalue weighted by atomic mass is 127. The SMILES string of the molecule is C/C(=N/NC(=O)CN(c1ccccc1C)S(=O)(=O)c1ccccc1)c1ccc(I)cc1. The second kappa shape index (κ2) is 10.1. The molecule has 0 aliphatic carbocycles. The Bertz CT molecular complexity index is 1190. The number of nitrogens with one attached hydrogen (secondary N) is 1. The average Bonchev–Trinajstić information content (AvgIpc) is 2.77. The molecule has 160 valence electrons. The summed E-state index contributed by atoms with van der Waals surface area (Å²) in [6, 6.07) is 22.8. The second-order valence-corrected chi connectivity index (χ2v) is 9.96. The molecule has 0 saturated heterocycles. The van der Waals surface area contributed by atoms with Crippen molar-refractivity contribution in [2.75, 3.05) is 10.8 Å². The molecular weight excluding hydrogens is 525 g/mol. The van der Waals surface area contributed by atoms with E-state index in [-0.39, 0.29) is 4.90 Å². The Morgan fingerprint density at radius 1 is 0.968 bits per heavy atom. The zero-order valence-corrected chi connectivity index (χ0v) is 20.1. The van der Waals surface area contributed by atoms with E-state index in [4.69, 9.17) is 0 Å². The van der Waals surface area contributed by atoms with Crippen LogP contribution in [0, 0.1) is 10.5 Å². The number of carbonyl (C=O) groups is 1. The van der Waals surface area contributed by atoms with Gasteiger partial charge >= 0.3 is 0 Å². The predicted molar refractivity (Wildman–Crippen MR) is 132 cm³/mol. The van der Waals surface area contributed by atoms with Gasteiger partial charge in [0, 0.05) is 3.57 Å². The topological polar surface area (TPSA) is 78.8 Å². The van der Waals surface area contributed by atoms with E-state index in [1.54, 1.807) is 50.2 Å². The number of rotatable bonds is 7. The van der Waals surface area contributed by atoms with Crippen LogP contribution < -0.4 is 9.73 Å². The Morgan fingerprint density at radius 2 is 1.58 bits per heavy atom. The summed E-state index contributed by atoms with van der Waals surface area (Å²) >= 11 is 2.21. The minimum absolute atomic E-state index is 0.115. The first-order valence-corrected chi connectivity index (χ1v) is 12.0. The summed E-state index contributed by atoms with van der Waals surface area (Å²) in [7, 11) is -3.94. The van der Waals surface area contributed by atoms with Crippen molar-refractivity contribution >= 4 is 49.9 Å². The highest BCUT2D eigenvalue weighted by Crippen LogP contribution is 2.26. The van der Waals surface area contributed by atoms with Gasteiger partial charge in [-0.15, -0.1) is 0 Å². The van der Waals surface area contributed by atoms with Crippen LogP contribution in [0.5, 0.6) is 0 Å². The van der Waals surface area contributed by atoms with E-state index < -0.39 is 22.5 Å². The molecule has 1 amide bonds. The number of carbonyl (C=O) groups excluding carboxylic acids is 1. The molecule has 0 heterocycles. The molecule has 0 spiro atoms. The number of hydrazone groups is 1. The van der Waals surface area contributed by atoms with Crippen LogP contribution in [-0.4, -0.2) is 26.6 Å². The zero-order valence-electron chi connectivity index (χ0n) is 17.1. The van der Waals surface area contributed by atoms with Crippen molar-refractivity contribution in [3.8, 4) is 0 Å². The van der Waals surface area contributed by atoms with Crippen LogP contribution in [0.3, 0.4) is 0 Å². The van der Waals surface area contributed by atoms with Crippen LogP contribution in [0.25, 0.3) is 0 Å². The Balaban J connectivity index is 1.87. The van der Waals surface area contributed by atoms with Crippen LogP contribution in [0.4, 0.5) is 5.69 Å². The fourth-order valence-electron chi connectivity index (χ4n) is 2.93. The van der Waals surface area contributed by atoms with Crippen molar-refractivity contribution in [2.45, 2.75) is 18.7 Å². The smallest absolute Gasteiger partial charge is 0.264 e. The monoisotopic (exact) mass is 547 g/mol. The summed E-state index contributed by atoms with van der Waals surface area (Å²) in [6.45, 7) is 3.19. The summed E-state index contributed by atoms with van der Waals surface area (Å²) in [5, 5.41) is 4.14. The number of para-hydroxylation sites is 1. The van der Waals surface area contributed by atoms with Crippen molar-refractivity contribution in [2.24, 2.45) is 5.10 Å². The van der Waals surface area contributed by atoms with Gasteiger partial charge in [0.15, 0.2) is 0 Å². The fraction of sp³-hybridized carbons (Fsp3) is 0.130. The van der Waals surface area contributed by atoms with Gasteiger partial charge in [-0.25, -0.2) is 13.8 Å². The maximum Gasteiger partial charge on any atom is 0.264 e. The molecule has 0 aromatic heterocycles. The molecule has 31 heavy (non-hydrogen) atoms. The summed E-state index contributed by atoms with van der Waals surface area (Å²) in [6.07, 6.45) is 0. The van der Waals surface area contributed by atoms with E-state index in [1.165, 1.54) is 12.1 Å². The molecule has 0 saturated carbocycles. The molecule has 0 unspecified atom stereocenters. The van der Waals surface area contributed by atoms with Crippen molar-refractivity contribution in [3.05, 3.63) is 93.6 Å². The van der Waals surface area contributed by atoms with Crippen LogP contribution in [-0.2, 0) is 14.8 Å². The number of amides is 1. The van der Waals surface area contributed by atoms with Gasteiger partial charge in [-0.05, 0) is 77.9 Å². The highest BCUT2D eigenvalue weighted by Gasteiger charge is 2.28. The van der Waals surface area contributed by atoms with Gasteiger partial charge in [-0.3, -0.25) is 9.10 Å². The predicted octanol–water partition coefficient (Wildman–Crippen LogP) is 4.34. The molecule has 0 atom stereocenters. The second-order valence-electron chi connectivity index (χ2n) is 6.85. The molecule has 1 N–H and O–H groups in total. The Hall–Kier alpha value is -2.72. The normalized spacial score (nSPS) is 11.8. The standard InChI is InChI=1S/C23H22IN3O3S/c1-17-8-6-7-11-22(17)27(31(29,30)21-9-4-3-5-10-21)16-23(28)26-25-18(2)19-12-14-20(24)15-13-19/h3-15H,16H2,1-2H3,(H,26,28)/b25-18-. The number of halogens is 1. The first-order chi connectivity index (χ1) is 14.8. The Morgan fingerprint density at radius 3 is 2.23 bits per heavy atom. The molecule has 0 radical (unpaired) electrons. The maximum atomic E-state index is 13.3. The number of nitrogens with zero attached hydrogens (tertiary/aromatic N) is 2. The number of hydrogen-bond donors (Lipinski definition) is 1. The summed E-state index contributed by atoms with van der Waals surface area (Å²) in [5.41, 5.74) is 5.16. The summed E-state index contributed by atoms with van der Waals surface area (Å²) in [4.78, 5) is 12.8. The van der Waals surface area contributed by atoms with E-state index in [0.717, 1.165) is 19.0 Å². The molecule has 3 aromatic carbocycles. The van der Waals surface area contributed by atoms with Gasteiger partial charge in [-0.2, -0.15) is 5.10 Å². The fourth-order valence-corrected chi connectivity index (χ4v) is 4.80. The molecule has 0 aliphatic heterocycles. The van der Waals surface area contributed by atoms with Crippen molar-refractivity contribution < 1.29 is 13.2 Å². The lowest BCUT2D eigenvalue weighted by Gasteiger charge is -2.25. The van der Waals surface area contributed by atoms with E-state index in [9.17, 15) is 13.2 Å². The number of aryl methyl sites for hydroxylation is 1. The number of hydrogen-bond acceptors (Lipinski definition) is 4. The van der Waals surface area contributed by atoms with E-state index in [1.807, 2.05) is 30.3 Å². The average molecular weight is 547 g/mol. The Labute approximate surface area is 196 Å². The quantitative estimate of drug-likeness (QED) is 0.272. The Kier molecular flexibility index (Phi) is 7.45. The molecule has 3 aromatic rings. The molecule has 3 rings (SSSR count). The van der Waals surface area contributed by atoms with Crippen LogP contribution in [0.15, 0.2) is 88.9 Å². The van der Waals surface area contributed by atoms with Crippen LogP contribution in [0.1, 0.15) is 18.1 Å². The van der Waals surface area contributed by atoms with Gasteiger partial charge in [-0.1, -0.05) is 48.5 Å².